The van der Waals surface area contributed by atoms with Crippen molar-refractivity contribution in [1.29, 1.82) is 0 Å². The van der Waals surface area contributed by atoms with Crippen LogP contribution < -0.4 is 5.56 Å². The summed E-state index contributed by atoms with van der Waals surface area (Å²) < 4.78 is 1.94. The zero-order chi connectivity index (χ0) is 15.0. The number of aromatic nitrogens is 3. The predicted octanol–water partition coefficient (Wildman–Crippen LogP) is 2.30. The van der Waals surface area contributed by atoms with Gasteiger partial charge < -0.3 is 9.55 Å². The number of fused-ring (bicyclic) bond motifs is 1. The molecule has 0 aliphatic carbocycles. The second-order valence-electron chi connectivity index (χ2n) is 4.98. The van der Waals surface area contributed by atoms with E-state index in [2.05, 4.69) is 9.97 Å². The van der Waals surface area contributed by atoms with Gasteiger partial charge in [-0.05, 0) is 30.2 Å². The molecular weight excluding hydrogens is 266 g/mol. The number of hydrogen-bond acceptors (Lipinski definition) is 3. The van der Waals surface area contributed by atoms with Crippen molar-refractivity contribution < 1.29 is 4.79 Å². The maximum absolute atomic E-state index is 11.9. The Kier molecular flexibility index (Phi) is 3.17. The average molecular weight is 281 g/mol. The van der Waals surface area contributed by atoms with Crippen molar-refractivity contribution in [3.8, 4) is 11.3 Å². The number of aromatic amines is 1. The van der Waals surface area contributed by atoms with E-state index < -0.39 is 0 Å². The van der Waals surface area contributed by atoms with Crippen LogP contribution in [-0.4, -0.2) is 20.8 Å². The van der Waals surface area contributed by atoms with Crippen LogP contribution in [0, 0.1) is 0 Å². The van der Waals surface area contributed by atoms with E-state index in [4.69, 9.17) is 0 Å². The topological polar surface area (TPSA) is 67.8 Å². The number of carbonyl (C=O) groups is 1. The molecule has 0 aliphatic heterocycles. The van der Waals surface area contributed by atoms with Crippen LogP contribution in [0.1, 0.15) is 22.8 Å². The van der Waals surface area contributed by atoms with Crippen molar-refractivity contribution >= 4 is 17.3 Å². The minimum absolute atomic E-state index is 0.162. The number of nitrogens with one attached hydrogen (secondary N) is 1. The molecule has 0 amide bonds. The zero-order valence-electron chi connectivity index (χ0n) is 11.9. The first-order valence-electron chi connectivity index (χ1n) is 6.77. The van der Waals surface area contributed by atoms with E-state index in [9.17, 15) is 9.59 Å². The molecule has 1 aromatic carbocycles. The summed E-state index contributed by atoms with van der Waals surface area (Å²) in [6, 6.07) is 7.53. The highest BCUT2D eigenvalue weighted by Gasteiger charge is 2.10. The summed E-state index contributed by atoms with van der Waals surface area (Å²) in [6.07, 6.45) is 3.07. The van der Waals surface area contributed by atoms with Gasteiger partial charge in [0.2, 0.25) is 0 Å². The maximum Gasteiger partial charge on any atom is 0.259 e. The van der Waals surface area contributed by atoms with Gasteiger partial charge in [0.05, 0.1) is 28.6 Å². The molecule has 2 heterocycles. The molecule has 3 aromatic rings. The second-order valence-corrected chi connectivity index (χ2v) is 4.98. The Hall–Kier alpha value is -2.69. The maximum atomic E-state index is 11.9. The van der Waals surface area contributed by atoms with E-state index in [0.29, 0.717) is 6.29 Å². The van der Waals surface area contributed by atoms with Crippen molar-refractivity contribution in [2.45, 2.75) is 13.3 Å². The molecule has 0 fully saturated rings. The molecule has 5 nitrogen and oxygen atoms in total. The van der Waals surface area contributed by atoms with Crippen LogP contribution in [0.5, 0.6) is 0 Å². The molecule has 0 bridgehead atoms. The van der Waals surface area contributed by atoms with E-state index in [1.165, 1.54) is 0 Å². The molecule has 2 aromatic heterocycles. The molecule has 0 atom stereocenters. The molecule has 0 unspecified atom stereocenters. The highest BCUT2D eigenvalue weighted by atomic mass is 16.1. The second kappa shape index (κ2) is 5.01. The Labute approximate surface area is 121 Å². The lowest BCUT2D eigenvalue weighted by atomic mass is 10.0. The summed E-state index contributed by atoms with van der Waals surface area (Å²) in [4.78, 5) is 29.9. The molecule has 5 heteroatoms. The van der Waals surface area contributed by atoms with Gasteiger partial charge in [-0.2, -0.15) is 0 Å². The average Bonchev–Trinajstić information content (AvgIpc) is 2.88. The third kappa shape index (κ3) is 2.16. The molecule has 1 N–H and O–H groups in total. The van der Waals surface area contributed by atoms with Gasteiger partial charge in [-0.15, -0.1) is 0 Å². The Bertz CT molecular complexity index is 890. The van der Waals surface area contributed by atoms with Crippen LogP contribution in [-0.2, 0) is 13.5 Å². The number of pyridine rings is 1. The van der Waals surface area contributed by atoms with Crippen molar-refractivity contribution in [3.05, 3.63) is 52.1 Å². The van der Waals surface area contributed by atoms with E-state index in [0.717, 1.165) is 34.3 Å². The Morgan fingerprint density at radius 2 is 2.14 bits per heavy atom. The summed E-state index contributed by atoms with van der Waals surface area (Å²) in [5.74, 6) is 0. The van der Waals surface area contributed by atoms with Crippen molar-refractivity contribution in [3.63, 3.8) is 0 Å². The fraction of sp³-hybridized carbons (Fsp3) is 0.188. The molecule has 106 valence electrons. The van der Waals surface area contributed by atoms with Gasteiger partial charge in [-0.25, -0.2) is 4.98 Å². The number of benzene rings is 1. The number of hydrogen-bond donors (Lipinski definition) is 1. The smallest absolute Gasteiger partial charge is 0.259 e. The van der Waals surface area contributed by atoms with Crippen molar-refractivity contribution in [2.24, 2.45) is 7.05 Å². The fourth-order valence-corrected chi connectivity index (χ4v) is 2.51. The fourth-order valence-electron chi connectivity index (χ4n) is 2.51. The molecule has 3 rings (SSSR count). The number of carbonyl (C=O) groups excluding carboxylic acids is 1. The summed E-state index contributed by atoms with van der Waals surface area (Å²) >= 11 is 0. The molecule has 0 radical (unpaired) electrons. The lowest BCUT2D eigenvalue weighted by Crippen LogP contribution is -2.14. The molecular formula is C16H15N3O2. The van der Waals surface area contributed by atoms with Crippen LogP contribution in [0.2, 0.25) is 0 Å². The van der Waals surface area contributed by atoms with Gasteiger partial charge in [0, 0.05) is 12.6 Å². The van der Waals surface area contributed by atoms with Crippen molar-refractivity contribution in [1.82, 2.24) is 14.5 Å². The minimum atomic E-state index is -0.363. The highest BCUT2D eigenvalue weighted by molar-refractivity contribution is 5.83. The third-order valence-corrected chi connectivity index (χ3v) is 3.67. The Morgan fingerprint density at radius 3 is 2.86 bits per heavy atom. The monoisotopic (exact) mass is 281 g/mol. The van der Waals surface area contributed by atoms with Gasteiger partial charge in [-0.1, -0.05) is 13.0 Å². The standard InChI is InChI=1S/C16H15N3O2/c1-3-10-6-12(8-20)16(21)18-15(10)11-4-5-14-13(7-11)17-9-19(14)2/h4-9H,3H2,1-2H3,(H,18,21). The number of rotatable bonds is 3. The first-order chi connectivity index (χ1) is 10.1. The molecule has 0 saturated heterocycles. The Morgan fingerprint density at radius 1 is 1.33 bits per heavy atom. The number of aldehydes is 1. The molecule has 0 aliphatic rings. The van der Waals surface area contributed by atoms with Gasteiger partial charge in [0.15, 0.2) is 6.29 Å². The third-order valence-electron chi connectivity index (χ3n) is 3.67. The SMILES string of the molecule is CCc1cc(C=O)c(=O)[nH]c1-c1ccc2c(c1)ncn2C. The highest BCUT2D eigenvalue weighted by Crippen LogP contribution is 2.24. The lowest BCUT2D eigenvalue weighted by Gasteiger charge is -2.09. The van der Waals surface area contributed by atoms with Crippen LogP contribution in [0.25, 0.3) is 22.3 Å². The van der Waals surface area contributed by atoms with Crippen molar-refractivity contribution in [2.75, 3.05) is 0 Å². The number of H-pyrrole nitrogens is 1. The van der Waals surface area contributed by atoms with Gasteiger partial charge in [-0.3, -0.25) is 9.59 Å². The summed E-state index contributed by atoms with van der Waals surface area (Å²) in [5, 5.41) is 0. The largest absolute Gasteiger partial charge is 0.334 e. The molecule has 0 spiro atoms. The van der Waals surface area contributed by atoms with Crippen LogP contribution in [0.15, 0.2) is 35.4 Å². The van der Waals surface area contributed by atoms with Gasteiger partial charge in [0.25, 0.3) is 5.56 Å². The first kappa shape index (κ1) is 13.3. The Balaban J connectivity index is 2.23. The van der Waals surface area contributed by atoms with E-state index in [1.807, 2.05) is 36.7 Å². The minimum Gasteiger partial charge on any atom is -0.334 e. The zero-order valence-corrected chi connectivity index (χ0v) is 11.9. The normalized spacial score (nSPS) is 11.0. The number of aryl methyl sites for hydroxylation is 2. The quantitative estimate of drug-likeness (QED) is 0.749. The number of imidazole rings is 1. The number of nitrogens with zero attached hydrogens (tertiary/aromatic N) is 2. The predicted molar refractivity (Wildman–Crippen MR) is 81.5 cm³/mol. The van der Waals surface area contributed by atoms with E-state index in [1.54, 1.807) is 12.4 Å². The van der Waals surface area contributed by atoms with E-state index in [-0.39, 0.29) is 11.1 Å². The molecule has 21 heavy (non-hydrogen) atoms. The van der Waals surface area contributed by atoms with Crippen LogP contribution in [0.4, 0.5) is 0 Å². The van der Waals surface area contributed by atoms with Gasteiger partial charge >= 0.3 is 0 Å². The molecule has 0 saturated carbocycles. The summed E-state index contributed by atoms with van der Waals surface area (Å²) in [5.41, 5.74) is 4.29. The van der Waals surface area contributed by atoms with Crippen LogP contribution in [0.3, 0.4) is 0 Å². The first-order valence-corrected chi connectivity index (χ1v) is 6.77. The summed E-state index contributed by atoms with van der Waals surface area (Å²) in [6.45, 7) is 1.99. The lowest BCUT2D eigenvalue weighted by molar-refractivity contribution is 0.112. The van der Waals surface area contributed by atoms with Gasteiger partial charge in [0.1, 0.15) is 0 Å². The van der Waals surface area contributed by atoms with E-state index >= 15 is 0 Å². The summed E-state index contributed by atoms with van der Waals surface area (Å²) in [7, 11) is 1.94. The van der Waals surface area contributed by atoms with Crippen LogP contribution >= 0.6 is 0 Å².